The van der Waals surface area contributed by atoms with Gasteiger partial charge in [-0.1, -0.05) is 48.5 Å². The van der Waals surface area contributed by atoms with E-state index >= 15 is 0 Å². The second-order valence-electron chi connectivity index (χ2n) is 16.0. The zero-order valence-corrected chi connectivity index (χ0v) is 33.9. The van der Waals surface area contributed by atoms with Crippen LogP contribution in [0.5, 0.6) is 0 Å². The highest BCUT2D eigenvalue weighted by Gasteiger charge is 2.26. The Morgan fingerprint density at radius 3 is 1.73 bits per heavy atom. The number of amides is 2. The summed E-state index contributed by atoms with van der Waals surface area (Å²) >= 11 is 0. The Labute approximate surface area is 344 Å². The minimum Gasteiger partial charge on any atom is -0.380 e. The summed E-state index contributed by atoms with van der Waals surface area (Å²) in [6, 6.07) is 30.5. The van der Waals surface area contributed by atoms with E-state index in [4.69, 9.17) is 0 Å². The van der Waals surface area contributed by atoms with Gasteiger partial charge in [-0.05, 0) is 89.5 Å². The zero-order valence-electron chi connectivity index (χ0n) is 33.9. The first-order valence-corrected chi connectivity index (χ1v) is 20.6. The number of fused-ring (bicyclic) bond motifs is 4. The number of hydrogen-bond acceptors (Lipinski definition) is 9. The maximum absolute atomic E-state index is 11.7. The van der Waals surface area contributed by atoms with Crippen LogP contribution in [0.4, 0.5) is 17.1 Å². The van der Waals surface area contributed by atoms with Crippen LogP contribution in [-0.2, 0) is 16.0 Å². The Morgan fingerprint density at radius 2 is 1.15 bits per heavy atom. The number of aromatic nitrogens is 4. The molecule has 0 aliphatic carbocycles. The number of nitrogens with zero attached hydrogens (tertiary/aromatic N) is 7. The molecule has 59 heavy (non-hydrogen) atoms. The van der Waals surface area contributed by atoms with Crippen LogP contribution < -0.4 is 15.5 Å². The first-order valence-electron chi connectivity index (χ1n) is 20.6. The molecule has 0 bridgehead atoms. The van der Waals surface area contributed by atoms with E-state index in [1.807, 2.05) is 15.9 Å². The van der Waals surface area contributed by atoms with E-state index in [-0.39, 0.29) is 23.9 Å². The Hall–Kier alpha value is -6.62. The molecule has 2 aromatic heterocycles. The van der Waals surface area contributed by atoms with E-state index in [1.165, 1.54) is 28.4 Å². The molecule has 2 N–H and O–H groups in total. The van der Waals surface area contributed by atoms with Crippen LogP contribution in [0.2, 0.25) is 0 Å². The lowest BCUT2D eigenvalue weighted by atomic mass is 9.96. The van der Waals surface area contributed by atoms with Crippen LogP contribution in [0.1, 0.15) is 38.7 Å². The maximum Gasteiger partial charge on any atom is 0.219 e. The second kappa shape index (κ2) is 16.3. The fourth-order valence-electron chi connectivity index (χ4n) is 8.84. The van der Waals surface area contributed by atoms with Crippen molar-refractivity contribution in [2.24, 2.45) is 0 Å². The summed E-state index contributed by atoms with van der Waals surface area (Å²) in [7, 11) is 2.17. The lowest BCUT2D eigenvalue weighted by Crippen LogP contribution is -2.29. The molecule has 0 spiro atoms. The molecular formula is C48H49N9O2. The van der Waals surface area contributed by atoms with E-state index < -0.39 is 0 Å². The van der Waals surface area contributed by atoms with E-state index in [9.17, 15) is 9.59 Å². The van der Waals surface area contributed by atoms with Crippen LogP contribution >= 0.6 is 0 Å². The number of anilines is 3. The number of likely N-dealkylation sites (tertiary alicyclic amines) is 2. The molecule has 7 aromatic rings. The quantitative estimate of drug-likeness (QED) is 0.172. The first kappa shape index (κ1) is 37.9. The number of hydrogen-bond donors (Lipinski definition) is 2. The molecule has 2 unspecified atom stereocenters. The molecule has 2 fully saturated rings. The number of carbonyl (C=O) groups is 2. The summed E-state index contributed by atoms with van der Waals surface area (Å²) < 4.78 is 0. The largest absolute Gasteiger partial charge is 0.380 e. The van der Waals surface area contributed by atoms with Crippen LogP contribution in [-0.4, -0.2) is 93.4 Å². The second-order valence-corrected chi connectivity index (χ2v) is 16.0. The van der Waals surface area contributed by atoms with Crippen LogP contribution in [0.3, 0.4) is 0 Å². The summed E-state index contributed by atoms with van der Waals surface area (Å²) in [4.78, 5) is 47.8. The first-order chi connectivity index (χ1) is 28.8. The normalized spacial score (nSPS) is 17.5. The molecule has 0 saturated carbocycles. The minimum atomic E-state index is 0.135. The third-order valence-electron chi connectivity index (χ3n) is 12.0. The summed E-state index contributed by atoms with van der Waals surface area (Å²) in [5.41, 5.74) is 12.7. The molecule has 0 radical (unpaired) electrons. The van der Waals surface area contributed by atoms with Crippen molar-refractivity contribution < 1.29 is 9.59 Å². The smallest absolute Gasteiger partial charge is 0.219 e. The fraction of sp³-hybridized carbons (Fsp3) is 0.292. The molecule has 5 aromatic carbocycles. The summed E-state index contributed by atoms with van der Waals surface area (Å²) in [5.74, 6) is 0.276. The highest BCUT2D eigenvalue weighted by molar-refractivity contribution is 5.98. The average molecular weight is 784 g/mol. The molecule has 3 aliphatic heterocycles. The summed E-state index contributed by atoms with van der Waals surface area (Å²) in [5, 5.41) is 9.65. The molecule has 10 rings (SSSR count). The Bertz CT molecular complexity index is 2700. The van der Waals surface area contributed by atoms with Gasteiger partial charge in [0.05, 0.1) is 22.1 Å². The van der Waals surface area contributed by atoms with Gasteiger partial charge >= 0.3 is 0 Å². The van der Waals surface area contributed by atoms with E-state index in [1.54, 1.807) is 38.6 Å². The van der Waals surface area contributed by atoms with Gasteiger partial charge in [-0.2, -0.15) is 0 Å². The molecule has 11 nitrogen and oxygen atoms in total. The number of nitrogens with one attached hydrogen (secondary N) is 2. The van der Waals surface area contributed by atoms with Gasteiger partial charge in [0.15, 0.2) is 0 Å². The summed E-state index contributed by atoms with van der Waals surface area (Å²) in [6.45, 7) is 7.45. The highest BCUT2D eigenvalue weighted by Crippen LogP contribution is 2.36. The van der Waals surface area contributed by atoms with Crippen molar-refractivity contribution in [1.29, 1.82) is 0 Å². The van der Waals surface area contributed by atoms with Crippen molar-refractivity contribution >= 4 is 61.7 Å². The van der Waals surface area contributed by atoms with Crippen molar-refractivity contribution in [1.82, 2.24) is 29.7 Å². The van der Waals surface area contributed by atoms with Crippen molar-refractivity contribution in [3.63, 3.8) is 0 Å². The third-order valence-corrected chi connectivity index (χ3v) is 12.0. The van der Waals surface area contributed by atoms with E-state index in [0.717, 1.165) is 108 Å². The topological polar surface area (TPSA) is 119 Å². The monoisotopic (exact) mass is 783 g/mol. The molecule has 3 aliphatic rings. The van der Waals surface area contributed by atoms with Crippen molar-refractivity contribution in [2.75, 3.05) is 55.3 Å². The van der Waals surface area contributed by atoms with Gasteiger partial charge in [0.25, 0.3) is 0 Å². The predicted molar refractivity (Wildman–Crippen MR) is 238 cm³/mol. The SMILES string of the molecule is CC(=O)N1CCC(Nc2cc(-c3ccc4c(c3)N(C)CCC4)c3nccnc3c2)C1.CC(=O)N1CCC(Nc2cc(-c3ccc4ccccc4c3)c3nccnc3c2)C1. The standard InChI is InChI=1S/C24H27N5O.C24H22N4O/c1-16(30)29-11-7-19(15-29)27-20-13-21(24-22(14-20)25-8-9-26-24)18-6-5-17-4-3-10-28(2)23(17)12-18;1-16(29)28-11-8-20(15-28)27-21-13-22(24-23(14-21)25-9-10-26-24)19-7-6-17-4-2-3-5-18(17)12-19/h5-6,8-9,12-14,19,27H,3-4,7,10-11,15H2,1-2H3;2-7,9-10,12-14,20,27H,8,11,15H2,1H3. The van der Waals surface area contributed by atoms with E-state index in [0.29, 0.717) is 0 Å². The minimum absolute atomic E-state index is 0.135. The van der Waals surface area contributed by atoms with Gasteiger partial charge in [0, 0.05) is 119 Å². The molecule has 11 heteroatoms. The molecule has 2 amide bonds. The number of rotatable bonds is 6. The van der Waals surface area contributed by atoms with Gasteiger partial charge in [0.1, 0.15) is 0 Å². The highest BCUT2D eigenvalue weighted by atomic mass is 16.2. The van der Waals surface area contributed by atoms with E-state index in [2.05, 4.69) is 121 Å². The van der Waals surface area contributed by atoms with Crippen molar-refractivity contribution in [3.05, 3.63) is 115 Å². The number of carbonyl (C=O) groups excluding carboxylic acids is 2. The Morgan fingerprint density at radius 1 is 0.610 bits per heavy atom. The van der Waals surface area contributed by atoms with Crippen molar-refractivity contribution in [2.45, 2.75) is 51.6 Å². The van der Waals surface area contributed by atoms with Crippen LogP contribution in [0.25, 0.3) is 55.1 Å². The van der Waals surface area contributed by atoms with Crippen molar-refractivity contribution in [3.8, 4) is 22.3 Å². The summed E-state index contributed by atoms with van der Waals surface area (Å²) in [6.07, 6.45) is 11.2. The molecule has 5 heterocycles. The molecule has 2 saturated heterocycles. The van der Waals surface area contributed by atoms with Gasteiger partial charge < -0.3 is 25.3 Å². The van der Waals surface area contributed by atoms with Crippen LogP contribution in [0, 0.1) is 0 Å². The van der Waals surface area contributed by atoms with Gasteiger partial charge in [-0.15, -0.1) is 0 Å². The fourth-order valence-corrected chi connectivity index (χ4v) is 8.84. The lowest BCUT2D eigenvalue weighted by molar-refractivity contribution is -0.128. The zero-order chi connectivity index (χ0) is 40.5. The predicted octanol–water partition coefficient (Wildman–Crippen LogP) is 8.19. The third kappa shape index (κ3) is 8.10. The Kier molecular flexibility index (Phi) is 10.5. The Balaban J connectivity index is 0.000000152. The average Bonchev–Trinajstić information content (AvgIpc) is 3.94. The molecular weight excluding hydrogens is 735 g/mol. The number of benzene rings is 5. The van der Waals surface area contributed by atoms with Crippen LogP contribution in [0.15, 0.2) is 110 Å². The molecule has 2 atom stereocenters. The maximum atomic E-state index is 11.7. The van der Waals surface area contributed by atoms with Gasteiger partial charge in [0.2, 0.25) is 11.8 Å². The lowest BCUT2D eigenvalue weighted by Gasteiger charge is -2.28. The number of aryl methyl sites for hydroxylation is 1. The van der Waals surface area contributed by atoms with Gasteiger partial charge in [-0.3, -0.25) is 29.5 Å². The van der Waals surface area contributed by atoms with Gasteiger partial charge in [-0.25, -0.2) is 0 Å². The molecule has 298 valence electrons.